The molecule has 0 saturated carbocycles. The molecule has 2 rings (SSSR count). The first-order valence-corrected chi connectivity index (χ1v) is 4.87. The number of rotatable bonds is 3. The second kappa shape index (κ2) is 4.91. The summed E-state index contributed by atoms with van der Waals surface area (Å²) in [5, 5.41) is 0. The molecule has 4 heteroatoms. The molecule has 0 heterocycles. The molecule has 0 N–H and O–H groups in total. The first-order chi connectivity index (χ1) is 8.16. The highest BCUT2D eigenvalue weighted by Gasteiger charge is 2.10. The lowest BCUT2D eigenvalue weighted by molar-refractivity contribution is -0.0494. The van der Waals surface area contributed by atoms with Gasteiger partial charge in [0, 0.05) is 5.56 Å². The first-order valence-electron chi connectivity index (χ1n) is 4.87. The maximum atomic E-state index is 12.8. The van der Waals surface area contributed by atoms with E-state index in [1.807, 2.05) is 0 Å². The summed E-state index contributed by atoms with van der Waals surface area (Å²) < 4.78 is 41.5. The van der Waals surface area contributed by atoms with Gasteiger partial charge >= 0.3 is 6.61 Å². The van der Waals surface area contributed by atoms with E-state index in [1.165, 1.54) is 30.3 Å². The van der Waals surface area contributed by atoms with Crippen LogP contribution in [0, 0.1) is 11.9 Å². The summed E-state index contributed by atoms with van der Waals surface area (Å²) in [5.41, 5.74) is 1.08. The van der Waals surface area contributed by atoms with Crippen LogP contribution < -0.4 is 4.74 Å². The fourth-order valence-corrected chi connectivity index (χ4v) is 1.48. The van der Waals surface area contributed by atoms with Gasteiger partial charge in [-0.2, -0.15) is 8.78 Å². The zero-order valence-electron chi connectivity index (χ0n) is 8.66. The number of hydrogen-bond acceptors (Lipinski definition) is 1. The second-order valence-corrected chi connectivity index (χ2v) is 3.31. The summed E-state index contributed by atoms with van der Waals surface area (Å²) in [4.78, 5) is 0. The van der Waals surface area contributed by atoms with Crippen molar-refractivity contribution in [3.63, 3.8) is 0 Å². The molecule has 0 aromatic heterocycles. The lowest BCUT2D eigenvalue weighted by Crippen LogP contribution is -2.03. The third kappa shape index (κ3) is 2.78. The molecule has 0 saturated heterocycles. The van der Waals surface area contributed by atoms with Crippen molar-refractivity contribution in [3.05, 3.63) is 54.3 Å². The van der Waals surface area contributed by atoms with Gasteiger partial charge in [-0.25, -0.2) is 4.39 Å². The maximum absolute atomic E-state index is 12.8. The zero-order chi connectivity index (χ0) is 12.3. The van der Waals surface area contributed by atoms with Crippen LogP contribution in [0.25, 0.3) is 11.1 Å². The zero-order valence-corrected chi connectivity index (χ0v) is 8.66. The Kier molecular flexibility index (Phi) is 3.32. The Labute approximate surface area is 96.5 Å². The topological polar surface area (TPSA) is 9.23 Å². The van der Waals surface area contributed by atoms with E-state index in [4.69, 9.17) is 0 Å². The average molecular weight is 237 g/mol. The highest BCUT2D eigenvalue weighted by Crippen LogP contribution is 2.30. The van der Waals surface area contributed by atoms with Gasteiger partial charge < -0.3 is 4.74 Å². The van der Waals surface area contributed by atoms with Crippen LogP contribution in [-0.4, -0.2) is 6.61 Å². The van der Waals surface area contributed by atoms with Crippen LogP contribution in [0.5, 0.6) is 5.75 Å². The third-order valence-corrected chi connectivity index (χ3v) is 2.20. The summed E-state index contributed by atoms with van der Waals surface area (Å²) >= 11 is 0. The summed E-state index contributed by atoms with van der Waals surface area (Å²) in [6, 6.07) is 12.7. The van der Waals surface area contributed by atoms with E-state index >= 15 is 0 Å². The van der Waals surface area contributed by atoms with E-state index in [0.29, 0.717) is 11.1 Å². The highest BCUT2D eigenvalue weighted by atomic mass is 19.3. The standard InChI is InChI=1S/C13H8F3O/c14-10-7-5-9(6-8-10)11-3-1-2-4-12(11)17-13(15)16/h1,3-8,13H. The molecule has 0 fully saturated rings. The molecular weight excluding hydrogens is 229 g/mol. The van der Waals surface area contributed by atoms with Crippen LogP contribution in [0.3, 0.4) is 0 Å². The summed E-state index contributed by atoms with van der Waals surface area (Å²) in [6.07, 6.45) is 0. The van der Waals surface area contributed by atoms with E-state index in [9.17, 15) is 13.2 Å². The summed E-state index contributed by atoms with van der Waals surface area (Å²) in [6.45, 7) is -2.90. The molecule has 0 atom stereocenters. The molecule has 0 unspecified atom stereocenters. The van der Waals surface area contributed by atoms with E-state index in [-0.39, 0.29) is 11.6 Å². The molecule has 0 aliphatic carbocycles. The van der Waals surface area contributed by atoms with Crippen LogP contribution in [0.2, 0.25) is 0 Å². The lowest BCUT2D eigenvalue weighted by atomic mass is 10.0. The molecule has 0 bridgehead atoms. The molecule has 0 spiro atoms. The van der Waals surface area contributed by atoms with Crippen molar-refractivity contribution in [2.75, 3.05) is 0 Å². The molecule has 0 aliphatic heterocycles. The van der Waals surface area contributed by atoms with Crippen molar-refractivity contribution in [2.45, 2.75) is 6.61 Å². The quantitative estimate of drug-likeness (QED) is 0.786. The van der Waals surface area contributed by atoms with E-state index in [1.54, 1.807) is 12.1 Å². The average Bonchev–Trinajstić information content (AvgIpc) is 2.30. The smallest absolute Gasteiger partial charge is 0.387 e. The van der Waals surface area contributed by atoms with Gasteiger partial charge in [0.05, 0.1) is 0 Å². The summed E-state index contributed by atoms with van der Waals surface area (Å²) in [5.74, 6) is -0.360. The Morgan fingerprint density at radius 1 is 1.06 bits per heavy atom. The fourth-order valence-electron chi connectivity index (χ4n) is 1.48. The molecule has 1 nitrogen and oxygen atoms in total. The Balaban J connectivity index is 2.40. The van der Waals surface area contributed by atoms with E-state index in [2.05, 4.69) is 10.8 Å². The number of alkyl halides is 2. The van der Waals surface area contributed by atoms with Crippen LogP contribution >= 0.6 is 0 Å². The molecule has 1 radical (unpaired) electrons. The van der Waals surface area contributed by atoms with Crippen molar-refractivity contribution in [2.24, 2.45) is 0 Å². The molecular formula is C13H8F3O. The van der Waals surface area contributed by atoms with Gasteiger partial charge in [0.15, 0.2) is 0 Å². The molecule has 87 valence electrons. The fraction of sp³-hybridized carbons (Fsp3) is 0.0769. The predicted molar refractivity (Wildman–Crippen MR) is 57.3 cm³/mol. The first kappa shape index (κ1) is 11.5. The largest absolute Gasteiger partial charge is 0.434 e. The molecule has 17 heavy (non-hydrogen) atoms. The lowest BCUT2D eigenvalue weighted by Gasteiger charge is -2.10. The highest BCUT2D eigenvalue weighted by molar-refractivity contribution is 5.70. The van der Waals surface area contributed by atoms with E-state index < -0.39 is 6.61 Å². The minimum atomic E-state index is -2.90. The van der Waals surface area contributed by atoms with Crippen LogP contribution in [0.1, 0.15) is 0 Å². The van der Waals surface area contributed by atoms with Gasteiger partial charge in [0.2, 0.25) is 0 Å². The van der Waals surface area contributed by atoms with Crippen molar-refractivity contribution < 1.29 is 17.9 Å². The van der Waals surface area contributed by atoms with Crippen molar-refractivity contribution in [3.8, 4) is 16.9 Å². The normalized spacial score (nSPS) is 10.6. The molecule has 0 aliphatic rings. The van der Waals surface area contributed by atoms with Gasteiger partial charge in [-0.05, 0) is 29.8 Å². The van der Waals surface area contributed by atoms with Gasteiger partial charge in [-0.3, -0.25) is 0 Å². The van der Waals surface area contributed by atoms with Crippen LogP contribution in [0.4, 0.5) is 13.2 Å². The minimum absolute atomic E-state index is 0.0223. The SMILES string of the molecule is Fc1ccc(-c2cc[c]cc2OC(F)F)cc1. The molecule has 0 amide bonds. The van der Waals surface area contributed by atoms with E-state index in [0.717, 1.165) is 0 Å². The monoisotopic (exact) mass is 237 g/mol. The van der Waals surface area contributed by atoms with Gasteiger partial charge in [-0.15, -0.1) is 0 Å². The Morgan fingerprint density at radius 2 is 1.76 bits per heavy atom. The maximum Gasteiger partial charge on any atom is 0.387 e. The second-order valence-electron chi connectivity index (χ2n) is 3.31. The number of halogens is 3. The third-order valence-electron chi connectivity index (χ3n) is 2.20. The number of ether oxygens (including phenoxy) is 1. The van der Waals surface area contributed by atoms with Gasteiger partial charge in [0.1, 0.15) is 11.6 Å². The van der Waals surface area contributed by atoms with Crippen LogP contribution in [-0.2, 0) is 0 Å². The predicted octanol–water partition coefficient (Wildman–Crippen LogP) is 3.89. The van der Waals surface area contributed by atoms with Crippen molar-refractivity contribution in [1.29, 1.82) is 0 Å². The van der Waals surface area contributed by atoms with Crippen molar-refractivity contribution >= 4 is 0 Å². The van der Waals surface area contributed by atoms with Crippen LogP contribution in [0.15, 0.2) is 42.5 Å². The summed E-state index contributed by atoms with van der Waals surface area (Å²) in [7, 11) is 0. The molecule has 2 aromatic carbocycles. The van der Waals surface area contributed by atoms with Gasteiger partial charge in [0.25, 0.3) is 0 Å². The van der Waals surface area contributed by atoms with Gasteiger partial charge in [-0.1, -0.05) is 24.3 Å². The Morgan fingerprint density at radius 3 is 2.41 bits per heavy atom. The Hall–Kier alpha value is -1.97. The molecule has 2 aromatic rings. The minimum Gasteiger partial charge on any atom is -0.434 e. The van der Waals surface area contributed by atoms with Crippen molar-refractivity contribution in [1.82, 2.24) is 0 Å². The number of benzene rings is 2. The Bertz CT molecular complexity index is 494. The number of hydrogen-bond donors (Lipinski definition) is 0.